The van der Waals surface area contributed by atoms with Crippen LogP contribution >= 0.6 is 0 Å². The number of amides is 1. The number of hydrogen-bond acceptors (Lipinski definition) is 4. The minimum atomic E-state index is -0.727. The van der Waals surface area contributed by atoms with Crippen molar-refractivity contribution in [1.82, 2.24) is 15.3 Å². The van der Waals surface area contributed by atoms with E-state index < -0.39 is 22.7 Å². The van der Waals surface area contributed by atoms with E-state index in [0.29, 0.717) is 12.8 Å². The van der Waals surface area contributed by atoms with E-state index in [4.69, 9.17) is 0 Å². The lowest BCUT2D eigenvalue weighted by molar-refractivity contribution is 0.0637. The number of aromatic nitrogens is 2. The van der Waals surface area contributed by atoms with Crippen LogP contribution in [-0.2, 0) is 0 Å². The van der Waals surface area contributed by atoms with E-state index >= 15 is 0 Å². The zero-order valence-corrected chi connectivity index (χ0v) is 9.08. The van der Waals surface area contributed by atoms with Gasteiger partial charge in [0.15, 0.2) is 0 Å². The molecule has 17 heavy (non-hydrogen) atoms. The minimum absolute atomic E-state index is 0.0986. The van der Waals surface area contributed by atoms with Crippen LogP contribution in [0, 0.1) is 0 Å². The Kier molecular flexibility index (Phi) is 2.84. The summed E-state index contributed by atoms with van der Waals surface area (Å²) >= 11 is 0. The quantitative estimate of drug-likeness (QED) is 0.525. The van der Waals surface area contributed by atoms with Gasteiger partial charge in [-0.05, 0) is 19.3 Å². The van der Waals surface area contributed by atoms with E-state index in [1.54, 1.807) is 0 Å². The minimum Gasteiger partial charge on any atom is -0.394 e. The van der Waals surface area contributed by atoms with Crippen LogP contribution in [0.2, 0.25) is 0 Å². The third kappa shape index (κ3) is 2.28. The number of aliphatic hydroxyl groups is 1. The molecule has 0 saturated heterocycles. The normalized spacial score (nSPS) is 17.2. The molecular weight excluding hydrogens is 226 g/mol. The summed E-state index contributed by atoms with van der Waals surface area (Å²) in [5, 5.41) is 11.8. The topological polar surface area (TPSA) is 115 Å². The average Bonchev–Trinajstić information content (AvgIpc) is 2.21. The first-order valence-electron chi connectivity index (χ1n) is 5.32. The zero-order valence-electron chi connectivity index (χ0n) is 9.08. The van der Waals surface area contributed by atoms with Gasteiger partial charge in [0.25, 0.3) is 11.5 Å². The predicted octanol–water partition coefficient (Wildman–Crippen LogP) is -1.29. The summed E-state index contributed by atoms with van der Waals surface area (Å²) in [4.78, 5) is 38.0. The number of hydrogen-bond donors (Lipinski definition) is 4. The third-order valence-electron chi connectivity index (χ3n) is 3.00. The summed E-state index contributed by atoms with van der Waals surface area (Å²) in [6.45, 7) is -0.147. The summed E-state index contributed by atoms with van der Waals surface area (Å²) in [5.74, 6) is -0.554. The van der Waals surface area contributed by atoms with E-state index in [0.717, 1.165) is 12.5 Å². The number of aliphatic hydroxyl groups excluding tert-OH is 1. The molecule has 2 rings (SSSR count). The standard InChI is InChI=1S/C10H13N3O4/c14-5-10(2-1-3-10)13-8(16)6-4-7(15)12-9(17)11-6/h4,14H,1-3,5H2,(H,13,16)(H2,11,12,15,17). The molecule has 0 aromatic carbocycles. The largest absolute Gasteiger partial charge is 0.394 e. The van der Waals surface area contributed by atoms with Crippen LogP contribution in [0.4, 0.5) is 0 Å². The second-order valence-electron chi connectivity index (χ2n) is 4.25. The fraction of sp³-hybridized carbons (Fsp3) is 0.500. The van der Waals surface area contributed by atoms with Crippen LogP contribution in [0.1, 0.15) is 29.8 Å². The van der Waals surface area contributed by atoms with Gasteiger partial charge in [0.05, 0.1) is 12.1 Å². The Morgan fingerprint density at radius 1 is 1.41 bits per heavy atom. The molecule has 92 valence electrons. The van der Waals surface area contributed by atoms with Crippen LogP contribution in [0.3, 0.4) is 0 Å². The second-order valence-corrected chi connectivity index (χ2v) is 4.25. The smallest absolute Gasteiger partial charge is 0.326 e. The number of rotatable bonds is 3. The number of carbonyl (C=O) groups is 1. The highest BCUT2D eigenvalue weighted by molar-refractivity contribution is 5.92. The highest BCUT2D eigenvalue weighted by atomic mass is 16.3. The maximum atomic E-state index is 11.8. The Balaban J connectivity index is 2.20. The van der Waals surface area contributed by atoms with Crippen molar-refractivity contribution in [2.24, 2.45) is 0 Å². The molecule has 0 unspecified atom stereocenters. The van der Waals surface area contributed by atoms with Crippen molar-refractivity contribution < 1.29 is 9.90 Å². The number of aromatic amines is 2. The van der Waals surface area contributed by atoms with Gasteiger partial charge < -0.3 is 15.4 Å². The first-order chi connectivity index (χ1) is 8.04. The van der Waals surface area contributed by atoms with Gasteiger partial charge in [-0.2, -0.15) is 0 Å². The molecular formula is C10H13N3O4. The Bertz CT molecular complexity index is 507. The fourth-order valence-corrected chi connectivity index (χ4v) is 1.83. The Morgan fingerprint density at radius 3 is 2.59 bits per heavy atom. The van der Waals surface area contributed by atoms with Crippen molar-refractivity contribution in [3.8, 4) is 0 Å². The van der Waals surface area contributed by atoms with Crippen LogP contribution in [0.15, 0.2) is 15.7 Å². The van der Waals surface area contributed by atoms with E-state index in [1.165, 1.54) is 0 Å². The number of H-pyrrole nitrogens is 2. The third-order valence-corrected chi connectivity index (χ3v) is 3.00. The van der Waals surface area contributed by atoms with Crippen LogP contribution in [-0.4, -0.2) is 33.1 Å². The highest BCUT2D eigenvalue weighted by Gasteiger charge is 2.38. The van der Waals surface area contributed by atoms with Gasteiger partial charge in [-0.25, -0.2) is 4.79 Å². The second kappa shape index (κ2) is 4.17. The van der Waals surface area contributed by atoms with Gasteiger partial charge >= 0.3 is 5.69 Å². The van der Waals surface area contributed by atoms with Crippen LogP contribution in [0.25, 0.3) is 0 Å². The molecule has 7 nitrogen and oxygen atoms in total. The first kappa shape index (κ1) is 11.6. The molecule has 1 aliphatic carbocycles. The van der Waals surface area contributed by atoms with Crippen molar-refractivity contribution in [2.45, 2.75) is 24.8 Å². The maximum Gasteiger partial charge on any atom is 0.326 e. The van der Waals surface area contributed by atoms with Gasteiger partial charge in [0.1, 0.15) is 5.69 Å². The molecule has 0 bridgehead atoms. The van der Waals surface area contributed by atoms with Gasteiger partial charge in [-0.3, -0.25) is 14.6 Å². The van der Waals surface area contributed by atoms with E-state index in [1.807, 2.05) is 4.98 Å². The molecule has 0 radical (unpaired) electrons. The van der Waals surface area contributed by atoms with Crippen molar-refractivity contribution in [3.63, 3.8) is 0 Å². The lowest BCUT2D eigenvalue weighted by Crippen LogP contribution is -2.56. The number of nitrogens with one attached hydrogen (secondary N) is 3. The Morgan fingerprint density at radius 2 is 2.12 bits per heavy atom. The van der Waals surface area contributed by atoms with E-state index in [-0.39, 0.29) is 12.3 Å². The van der Waals surface area contributed by atoms with Crippen molar-refractivity contribution in [3.05, 3.63) is 32.6 Å². The zero-order chi connectivity index (χ0) is 12.5. The summed E-state index contributed by atoms with van der Waals surface area (Å²) in [6, 6.07) is 1.01. The van der Waals surface area contributed by atoms with Crippen molar-refractivity contribution >= 4 is 5.91 Å². The maximum absolute atomic E-state index is 11.8. The molecule has 0 atom stereocenters. The van der Waals surface area contributed by atoms with Crippen molar-refractivity contribution in [1.29, 1.82) is 0 Å². The molecule has 7 heteroatoms. The van der Waals surface area contributed by atoms with Crippen LogP contribution < -0.4 is 16.6 Å². The number of carbonyl (C=O) groups excluding carboxylic acids is 1. The highest BCUT2D eigenvalue weighted by Crippen LogP contribution is 2.31. The first-order valence-corrected chi connectivity index (χ1v) is 5.32. The lowest BCUT2D eigenvalue weighted by Gasteiger charge is -2.40. The molecule has 0 aliphatic heterocycles. The summed E-state index contributed by atoms with van der Waals surface area (Å²) in [5.41, 5.74) is -2.06. The van der Waals surface area contributed by atoms with Crippen molar-refractivity contribution in [2.75, 3.05) is 6.61 Å². The molecule has 1 aromatic rings. The fourth-order valence-electron chi connectivity index (χ4n) is 1.83. The Hall–Kier alpha value is -1.89. The van der Waals surface area contributed by atoms with Gasteiger partial charge in [0, 0.05) is 6.07 Å². The van der Waals surface area contributed by atoms with Gasteiger partial charge in [0.2, 0.25) is 0 Å². The average molecular weight is 239 g/mol. The van der Waals surface area contributed by atoms with E-state index in [2.05, 4.69) is 10.3 Å². The monoisotopic (exact) mass is 239 g/mol. The van der Waals surface area contributed by atoms with Crippen LogP contribution in [0.5, 0.6) is 0 Å². The molecule has 1 heterocycles. The van der Waals surface area contributed by atoms with Gasteiger partial charge in [-0.1, -0.05) is 0 Å². The molecule has 0 spiro atoms. The SMILES string of the molecule is O=C(NC1(CO)CCC1)c1cc(=O)[nH]c(=O)[nH]1. The summed E-state index contributed by atoms with van der Waals surface area (Å²) < 4.78 is 0. The molecule has 1 aliphatic rings. The summed E-state index contributed by atoms with van der Waals surface area (Å²) in [6.07, 6.45) is 2.33. The predicted molar refractivity (Wildman–Crippen MR) is 58.8 cm³/mol. The lowest BCUT2D eigenvalue weighted by atomic mass is 9.77. The molecule has 1 saturated carbocycles. The Labute approximate surface area is 95.9 Å². The van der Waals surface area contributed by atoms with E-state index in [9.17, 15) is 19.5 Å². The molecule has 4 N–H and O–H groups in total. The van der Waals surface area contributed by atoms with Gasteiger partial charge in [-0.15, -0.1) is 0 Å². The molecule has 1 amide bonds. The molecule has 1 aromatic heterocycles. The molecule has 1 fully saturated rings. The summed E-state index contributed by atoms with van der Waals surface area (Å²) in [7, 11) is 0.